The summed E-state index contributed by atoms with van der Waals surface area (Å²) in [6.45, 7) is 4.08. The predicted octanol–water partition coefficient (Wildman–Crippen LogP) is 1.54. The van der Waals surface area contributed by atoms with Crippen LogP contribution in [0.4, 0.5) is 5.69 Å². The lowest BCUT2D eigenvalue weighted by atomic mass is 10.3. The van der Waals surface area contributed by atoms with Crippen LogP contribution < -0.4 is 16.0 Å². The van der Waals surface area contributed by atoms with Crippen LogP contribution in [0.3, 0.4) is 0 Å². The molecule has 0 fully saturated rings. The molecule has 0 aliphatic rings. The van der Waals surface area contributed by atoms with Crippen LogP contribution in [0.25, 0.3) is 0 Å². The van der Waals surface area contributed by atoms with Crippen LogP contribution in [0.2, 0.25) is 0 Å². The molecule has 0 spiro atoms. The number of benzene rings is 1. The maximum absolute atomic E-state index is 5.27. The standard InChI is InChI=1S/C9H12N2O/c1-2-7-12-9-5-3-8(11-10)4-6-9/h2-6,11H,1,7,10H2. The highest BCUT2D eigenvalue weighted by Gasteiger charge is 1.91. The molecule has 0 radical (unpaired) electrons. The van der Waals surface area contributed by atoms with Crippen LogP contribution in [0.1, 0.15) is 0 Å². The van der Waals surface area contributed by atoms with E-state index in [9.17, 15) is 0 Å². The topological polar surface area (TPSA) is 47.3 Å². The van der Waals surface area contributed by atoms with Crippen molar-refractivity contribution in [3.05, 3.63) is 36.9 Å². The molecule has 0 saturated carbocycles. The number of hydrazine groups is 1. The molecule has 0 aliphatic heterocycles. The summed E-state index contributed by atoms with van der Waals surface area (Å²) in [6.07, 6.45) is 1.70. The van der Waals surface area contributed by atoms with Gasteiger partial charge in [0, 0.05) is 5.69 Å². The van der Waals surface area contributed by atoms with Crippen LogP contribution in [-0.2, 0) is 0 Å². The fourth-order valence-corrected chi connectivity index (χ4v) is 0.803. The molecule has 0 aromatic heterocycles. The molecule has 64 valence electrons. The Bertz CT molecular complexity index is 243. The Labute approximate surface area is 71.8 Å². The van der Waals surface area contributed by atoms with Crippen molar-refractivity contribution in [3.8, 4) is 5.75 Å². The lowest BCUT2D eigenvalue weighted by Crippen LogP contribution is -2.06. The van der Waals surface area contributed by atoms with Crippen molar-refractivity contribution in [1.82, 2.24) is 0 Å². The Morgan fingerprint density at radius 3 is 2.58 bits per heavy atom. The van der Waals surface area contributed by atoms with Gasteiger partial charge >= 0.3 is 0 Å². The Morgan fingerprint density at radius 2 is 2.08 bits per heavy atom. The summed E-state index contributed by atoms with van der Waals surface area (Å²) in [5, 5.41) is 0. The zero-order chi connectivity index (χ0) is 8.81. The SMILES string of the molecule is C=CCOc1ccc(NN)cc1. The number of ether oxygens (including phenoxy) is 1. The molecule has 0 atom stereocenters. The second-order valence-electron chi connectivity index (χ2n) is 2.27. The molecular weight excluding hydrogens is 152 g/mol. The van der Waals surface area contributed by atoms with Gasteiger partial charge in [0.25, 0.3) is 0 Å². The van der Waals surface area contributed by atoms with Crippen LogP contribution in [0.15, 0.2) is 36.9 Å². The van der Waals surface area contributed by atoms with Gasteiger partial charge in [-0.1, -0.05) is 12.7 Å². The molecule has 3 N–H and O–H groups in total. The van der Waals surface area contributed by atoms with E-state index < -0.39 is 0 Å². The summed E-state index contributed by atoms with van der Waals surface area (Å²) in [5.41, 5.74) is 3.40. The fourth-order valence-electron chi connectivity index (χ4n) is 0.803. The van der Waals surface area contributed by atoms with Gasteiger partial charge in [-0.3, -0.25) is 5.84 Å². The van der Waals surface area contributed by atoms with E-state index in [1.807, 2.05) is 24.3 Å². The van der Waals surface area contributed by atoms with Gasteiger partial charge in [-0.25, -0.2) is 0 Å². The minimum absolute atomic E-state index is 0.523. The molecule has 3 heteroatoms. The summed E-state index contributed by atoms with van der Waals surface area (Å²) in [5.74, 6) is 6.01. The zero-order valence-corrected chi connectivity index (χ0v) is 6.79. The first-order valence-electron chi connectivity index (χ1n) is 3.67. The first kappa shape index (κ1) is 8.62. The van der Waals surface area contributed by atoms with E-state index in [2.05, 4.69) is 12.0 Å². The van der Waals surface area contributed by atoms with Gasteiger partial charge in [-0.05, 0) is 24.3 Å². The van der Waals surface area contributed by atoms with E-state index in [1.165, 1.54) is 0 Å². The van der Waals surface area contributed by atoms with Crippen molar-refractivity contribution in [2.45, 2.75) is 0 Å². The second kappa shape index (κ2) is 4.41. The van der Waals surface area contributed by atoms with Crippen molar-refractivity contribution in [2.75, 3.05) is 12.0 Å². The molecule has 0 amide bonds. The van der Waals surface area contributed by atoms with Gasteiger partial charge in [0.1, 0.15) is 12.4 Å². The normalized spacial score (nSPS) is 9.08. The van der Waals surface area contributed by atoms with E-state index >= 15 is 0 Å². The Hall–Kier alpha value is -1.48. The van der Waals surface area contributed by atoms with Gasteiger partial charge < -0.3 is 10.2 Å². The number of hydrogen-bond acceptors (Lipinski definition) is 3. The van der Waals surface area contributed by atoms with Crippen LogP contribution in [0, 0.1) is 0 Å². The number of nitrogens with one attached hydrogen (secondary N) is 1. The van der Waals surface area contributed by atoms with Gasteiger partial charge in [0.2, 0.25) is 0 Å². The highest BCUT2D eigenvalue weighted by atomic mass is 16.5. The quantitative estimate of drug-likeness (QED) is 0.403. The average Bonchev–Trinajstić information content (AvgIpc) is 2.15. The third-order valence-corrected chi connectivity index (χ3v) is 1.39. The summed E-state index contributed by atoms with van der Waals surface area (Å²) in [6, 6.07) is 7.38. The Balaban J connectivity index is 2.58. The first-order valence-corrected chi connectivity index (χ1v) is 3.67. The number of hydrogen-bond donors (Lipinski definition) is 2. The summed E-state index contributed by atoms with van der Waals surface area (Å²) in [7, 11) is 0. The van der Waals surface area contributed by atoms with E-state index in [1.54, 1.807) is 6.08 Å². The summed E-state index contributed by atoms with van der Waals surface area (Å²) >= 11 is 0. The van der Waals surface area contributed by atoms with Crippen molar-refractivity contribution in [3.63, 3.8) is 0 Å². The van der Waals surface area contributed by atoms with E-state index in [0.29, 0.717) is 6.61 Å². The zero-order valence-electron chi connectivity index (χ0n) is 6.79. The maximum Gasteiger partial charge on any atom is 0.119 e. The fraction of sp³-hybridized carbons (Fsp3) is 0.111. The molecule has 0 heterocycles. The maximum atomic E-state index is 5.27. The lowest BCUT2D eigenvalue weighted by molar-refractivity contribution is 0.363. The monoisotopic (exact) mass is 164 g/mol. The minimum atomic E-state index is 0.523. The van der Waals surface area contributed by atoms with Crippen molar-refractivity contribution in [1.29, 1.82) is 0 Å². The number of nitrogens with two attached hydrogens (primary N) is 1. The highest BCUT2D eigenvalue weighted by Crippen LogP contribution is 2.14. The number of nitrogen functional groups attached to an aromatic ring is 1. The molecule has 1 aromatic carbocycles. The molecule has 0 saturated heterocycles. The molecule has 1 aromatic rings. The first-order chi connectivity index (χ1) is 5.86. The van der Waals surface area contributed by atoms with Crippen LogP contribution in [-0.4, -0.2) is 6.61 Å². The van der Waals surface area contributed by atoms with Gasteiger partial charge in [0.05, 0.1) is 0 Å². The molecule has 1 rings (SSSR count). The van der Waals surface area contributed by atoms with Crippen LogP contribution >= 0.6 is 0 Å². The van der Waals surface area contributed by atoms with E-state index in [4.69, 9.17) is 10.6 Å². The molecule has 0 unspecified atom stereocenters. The summed E-state index contributed by atoms with van der Waals surface area (Å²) in [4.78, 5) is 0. The highest BCUT2D eigenvalue weighted by molar-refractivity contribution is 5.45. The molecule has 0 aliphatic carbocycles. The third kappa shape index (κ3) is 2.29. The number of anilines is 1. The van der Waals surface area contributed by atoms with Gasteiger partial charge in [-0.15, -0.1) is 0 Å². The van der Waals surface area contributed by atoms with E-state index in [-0.39, 0.29) is 0 Å². The van der Waals surface area contributed by atoms with E-state index in [0.717, 1.165) is 11.4 Å². The Kier molecular flexibility index (Phi) is 3.17. The lowest BCUT2D eigenvalue weighted by Gasteiger charge is -2.03. The van der Waals surface area contributed by atoms with Crippen molar-refractivity contribution < 1.29 is 4.74 Å². The second-order valence-corrected chi connectivity index (χ2v) is 2.27. The van der Waals surface area contributed by atoms with Gasteiger partial charge in [-0.2, -0.15) is 0 Å². The van der Waals surface area contributed by atoms with Gasteiger partial charge in [0.15, 0.2) is 0 Å². The minimum Gasteiger partial charge on any atom is -0.490 e. The third-order valence-electron chi connectivity index (χ3n) is 1.39. The predicted molar refractivity (Wildman–Crippen MR) is 49.9 cm³/mol. The molecule has 0 bridgehead atoms. The van der Waals surface area contributed by atoms with Crippen molar-refractivity contribution >= 4 is 5.69 Å². The average molecular weight is 164 g/mol. The number of rotatable bonds is 4. The van der Waals surface area contributed by atoms with Crippen LogP contribution in [0.5, 0.6) is 5.75 Å². The largest absolute Gasteiger partial charge is 0.490 e. The molecule has 12 heavy (non-hydrogen) atoms. The molecular formula is C9H12N2O. The summed E-state index contributed by atoms with van der Waals surface area (Å²) < 4.78 is 5.27. The Morgan fingerprint density at radius 1 is 1.42 bits per heavy atom. The molecule has 3 nitrogen and oxygen atoms in total. The van der Waals surface area contributed by atoms with Crippen molar-refractivity contribution in [2.24, 2.45) is 5.84 Å². The smallest absolute Gasteiger partial charge is 0.119 e.